The normalized spacial score (nSPS) is 11.8. The molecule has 9 nitrogen and oxygen atoms in total. The van der Waals surface area contributed by atoms with Crippen molar-refractivity contribution in [3.63, 3.8) is 0 Å². The molecule has 0 fully saturated rings. The zero-order chi connectivity index (χ0) is 23.8. The molecule has 0 amide bonds. The molecule has 174 valence electrons. The second kappa shape index (κ2) is 11.2. The number of H-pyrrole nitrogens is 1. The van der Waals surface area contributed by atoms with Crippen LogP contribution in [0.5, 0.6) is 5.75 Å². The van der Waals surface area contributed by atoms with Crippen LogP contribution >= 0.6 is 0 Å². The van der Waals surface area contributed by atoms with Crippen molar-refractivity contribution >= 4 is 11.2 Å². The SMILES string of the molecule is CCCOc1ccccc1-c1nc2c(ncn2C(CCCc2ccccc2)CN=[N+]=[N-])c(=O)[nH]1. The van der Waals surface area contributed by atoms with Crippen molar-refractivity contribution in [3.05, 3.63) is 87.3 Å². The number of hydrogen-bond acceptors (Lipinski definition) is 5. The highest BCUT2D eigenvalue weighted by molar-refractivity contribution is 5.74. The molecule has 0 radical (unpaired) electrons. The van der Waals surface area contributed by atoms with E-state index in [0.29, 0.717) is 29.4 Å². The third kappa shape index (κ3) is 5.27. The Hall–Kier alpha value is -4.10. The second-order valence-electron chi connectivity index (χ2n) is 8.03. The van der Waals surface area contributed by atoms with Gasteiger partial charge in [0.05, 0.1) is 18.5 Å². The van der Waals surface area contributed by atoms with E-state index in [1.807, 2.05) is 54.0 Å². The molecular weight excluding hydrogens is 430 g/mol. The number of nitrogens with one attached hydrogen (secondary N) is 1. The highest BCUT2D eigenvalue weighted by atomic mass is 16.5. The lowest BCUT2D eigenvalue weighted by molar-refractivity contribution is 0.318. The summed E-state index contributed by atoms with van der Waals surface area (Å²) in [5, 5.41) is 3.81. The summed E-state index contributed by atoms with van der Waals surface area (Å²) >= 11 is 0. The predicted molar refractivity (Wildman–Crippen MR) is 132 cm³/mol. The van der Waals surface area contributed by atoms with Gasteiger partial charge in [0.25, 0.3) is 5.56 Å². The molecule has 34 heavy (non-hydrogen) atoms. The van der Waals surface area contributed by atoms with Crippen LogP contribution in [0.25, 0.3) is 33.0 Å². The standard InChI is InChI=1S/C25H27N7O2/c1-2-15-34-21-14-7-6-13-20(21)23-29-24-22(25(33)30-23)27-17-32(24)19(16-28-31-26)12-8-11-18-9-4-3-5-10-18/h3-7,9-10,13-14,17,19H,2,8,11-12,15-16H2,1H3,(H,29,30,33). The molecule has 0 aliphatic heterocycles. The number of fused-ring (bicyclic) bond motifs is 1. The molecule has 2 heterocycles. The maximum absolute atomic E-state index is 12.9. The van der Waals surface area contributed by atoms with Crippen LogP contribution in [-0.4, -0.2) is 32.7 Å². The van der Waals surface area contributed by atoms with Gasteiger partial charge in [0, 0.05) is 17.5 Å². The number of aromatic amines is 1. The van der Waals surface area contributed by atoms with Crippen molar-refractivity contribution in [2.75, 3.05) is 13.2 Å². The highest BCUT2D eigenvalue weighted by Gasteiger charge is 2.19. The molecule has 0 aliphatic rings. The smallest absolute Gasteiger partial charge is 0.279 e. The number of para-hydroxylation sites is 1. The van der Waals surface area contributed by atoms with Gasteiger partial charge in [-0.3, -0.25) is 4.79 Å². The molecule has 2 aromatic heterocycles. The minimum atomic E-state index is -0.323. The summed E-state index contributed by atoms with van der Waals surface area (Å²) in [7, 11) is 0. The number of imidazole rings is 1. The molecule has 0 spiro atoms. The maximum Gasteiger partial charge on any atom is 0.279 e. The van der Waals surface area contributed by atoms with Gasteiger partial charge in [-0.25, -0.2) is 9.97 Å². The van der Waals surface area contributed by atoms with Gasteiger partial charge in [-0.2, -0.15) is 0 Å². The van der Waals surface area contributed by atoms with Gasteiger partial charge in [0.1, 0.15) is 11.6 Å². The molecule has 4 aromatic rings. The van der Waals surface area contributed by atoms with E-state index < -0.39 is 0 Å². The average molecular weight is 458 g/mol. The summed E-state index contributed by atoms with van der Waals surface area (Å²) in [6, 6.07) is 17.6. The second-order valence-corrected chi connectivity index (χ2v) is 8.03. The third-order valence-corrected chi connectivity index (χ3v) is 5.63. The zero-order valence-corrected chi connectivity index (χ0v) is 19.1. The number of azide groups is 1. The van der Waals surface area contributed by atoms with Gasteiger partial charge in [-0.1, -0.05) is 54.5 Å². The lowest BCUT2D eigenvalue weighted by atomic mass is 10.0. The van der Waals surface area contributed by atoms with Crippen molar-refractivity contribution in [1.82, 2.24) is 19.5 Å². The van der Waals surface area contributed by atoms with Crippen LogP contribution in [-0.2, 0) is 6.42 Å². The third-order valence-electron chi connectivity index (χ3n) is 5.63. The summed E-state index contributed by atoms with van der Waals surface area (Å²) in [5.74, 6) is 1.07. The molecule has 2 aromatic carbocycles. The van der Waals surface area contributed by atoms with Crippen LogP contribution in [0.2, 0.25) is 0 Å². The number of hydrogen-bond donors (Lipinski definition) is 1. The van der Waals surface area contributed by atoms with Gasteiger partial charge in [0.2, 0.25) is 0 Å². The molecule has 1 atom stereocenters. The van der Waals surface area contributed by atoms with E-state index in [4.69, 9.17) is 15.3 Å². The molecule has 1 unspecified atom stereocenters. The molecule has 0 bridgehead atoms. The zero-order valence-electron chi connectivity index (χ0n) is 19.1. The Bertz CT molecular complexity index is 1340. The minimum Gasteiger partial charge on any atom is -0.493 e. The summed E-state index contributed by atoms with van der Waals surface area (Å²) in [4.78, 5) is 27.7. The summed E-state index contributed by atoms with van der Waals surface area (Å²) in [6.07, 6.45) is 5.02. The summed E-state index contributed by atoms with van der Waals surface area (Å²) < 4.78 is 7.71. The van der Waals surface area contributed by atoms with Crippen LogP contribution in [0, 0.1) is 0 Å². The molecule has 4 rings (SSSR count). The number of ether oxygens (including phenoxy) is 1. The number of nitrogens with zero attached hydrogens (tertiary/aromatic N) is 6. The fourth-order valence-electron chi connectivity index (χ4n) is 3.96. The number of benzene rings is 2. The van der Waals surface area contributed by atoms with Crippen molar-refractivity contribution in [1.29, 1.82) is 0 Å². The maximum atomic E-state index is 12.9. The van der Waals surface area contributed by atoms with E-state index in [0.717, 1.165) is 25.7 Å². The van der Waals surface area contributed by atoms with Crippen LogP contribution in [0.1, 0.15) is 37.8 Å². The van der Waals surface area contributed by atoms with Crippen molar-refractivity contribution in [2.45, 2.75) is 38.6 Å². The van der Waals surface area contributed by atoms with E-state index in [1.54, 1.807) is 6.33 Å². The van der Waals surface area contributed by atoms with Crippen LogP contribution in [0.4, 0.5) is 0 Å². The van der Waals surface area contributed by atoms with Gasteiger partial charge in [-0.15, -0.1) is 0 Å². The highest BCUT2D eigenvalue weighted by Crippen LogP contribution is 2.28. The first-order chi connectivity index (χ1) is 16.7. The van der Waals surface area contributed by atoms with Gasteiger partial charge < -0.3 is 14.3 Å². The Morgan fingerprint density at radius 2 is 1.97 bits per heavy atom. The minimum absolute atomic E-state index is 0.168. The number of aromatic nitrogens is 4. The molecule has 1 N–H and O–H groups in total. The van der Waals surface area contributed by atoms with Crippen LogP contribution in [0.15, 0.2) is 70.8 Å². The van der Waals surface area contributed by atoms with Crippen molar-refractivity contribution < 1.29 is 4.74 Å². The Kier molecular flexibility index (Phi) is 7.57. The van der Waals surface area contributed by atoms with E-state index in [2.05, 4.69) is 32.1 Å². The largest absolute Gasteiger partial charge is 0.493 e. The molecule has 0 saturated carbocycles. The summed E-state index contributed by atoms with van der Waals surface area (Å²) in [5.41, 5.74) is 11.3. The Balaban J connectivity index is 1.68. The van der Waals surface area contributed by atoms with Gasteiger partial charge in [0.15, 0.2) is 11.2 Å². The lowest BCUT2D eigenvalue weighted by Crippen LogP contribution is -2.15. The number of aryl methyl sites for hydroxylation is 1. The monoisotopic (exact) mass is 457 g/mol. The van der Waals surface area contributed by atoms with Gasteiger partial charge >= 0.3 is 0 Å². The van der Waals surface area contributed by atoms with E-state index in [-0.39, 0.29) is 23.7 Å². The van der Waals surface area contributed by atoms with Crippen molar-refractivity contribution in [2.24, 2.45) is 5.11 Å². The first-order valence-electron chi connectivity index (χ1n) is 11.4. The van der Waals surface area contributed by atoms with E-state index in [9.17, 15) is 4.79 Å². The van der Waals surface area contributed by atoms with E-state index in [1.165, 1.54) is 5.56 Å². The Labute approximate surface area is 197 Å². The topological polar surface area (TPSA) is 122 Å². The molecular formula is C25H27N7O2. The number of rotatable bonds is 11. The Morgan fingerprint density at radius 1 is 1.18 bits per heavy atom. The van der Waals surface area contributed by atoms with Crippen LogP contribution < -0.4 is 10.3 Å². The summed E-state index contributed by atoms with van der Waals surface area (Å²) in [6.45, 7) is 2.85. The fraction of sp³-hybridized carbons (Fsp3) is 0.320. The first kappa shape index (κ1) is 23.1. The average Bonchev–Trinajstić information content (AvgIpc) is 3.30. The lowest BCUT2D eigenvalue weighted by Gasteiger charge is -2.17. The quantitative estimate of drug-likeness (QED) is 0.183. The molecule has 9 heteroatoms. The van der Waals surface area contributed by atoms with Gasteiger partial charge in [-0.05, 0) is 48.9 Å². The molecule has 0 aliphatic carbocycles. The van der Waals surface area contributed by atoms with Crippen molar-refractivity contribution in [3.8, 4) is 17.1 Å². The molecule has 0 saturated heterocycles. The first-order valence-corrected chi connectivity index (χ1v) is 11.4. The fourth-order valence-corrected chi connectivity index (χ4v) is 3.96. The van der Waals surface area contributed by atoms with Crippen LogP contribution in [0.3, 0.4) is 0 Å². The Morgan fingerprint density at radius 3 is 2.76 bits per heavy atom. The predicted octanol–water partition coefficient (Wildman–Crippen LogP) is 5.45. The van der Waals surface area contributed by atoms with E-state index >= 15 is 0 Å².